The van der Waals surface area contributed by atoms with Gasteiger partial charge in [-0.2, -0.15) is 0 Å². The molecule has 0 nitrogen and oxygen atoms in total. The van der Waals surface area contributed by atoms with Crippen molar-refractivity contribution >= 4 is 59.9 Å². The van der Waals surface area contributed by atoms with Crippen LogP contribution in [0.1, 0.15) is 25.7 Å². The summed E-state index contributed by atoms with van der Waals surface area (Å²) in [5.74, 6) is 0. The third-order valence-corrected chi connectivity index (χ3v) is 24.7. The van der Waals surface area contributed by atoms with E-state index in [-0.39, 0.29) is 0 Å². The van der Waals surface area contributed by atoms with Crippen LogP contribution in [0.5, 0.6) is 0 Å². The van der Waals surface area contributed by atoms with Crippen LogP contribution in [0.3, 0.4) is 0 Å². The Labute approximate surface area is 278 Å². The van der Waals surface area contributed by atoms with Crippen molar-refractivity contribution in [2.75, 3.05) is 12.3 Å². The quantitative estimate of drug-likeness (QED) is 0.0839. The molecule has 0 spiro atoms. The van der Waals surface area contributed by atoms with Crippen molar-refractivity contribution in [3.8, 4) is 0 Å². The van der Waals surface area contributed by atoms with Crippen LogP contribution in [0.15, 0.2) is 182 Å². The molecule has 3 heteroatoms. The monoisotopic (exact) mass is 688 g/mol. The van der Waals surface area contributed by atoms with Crippen LogP contribution in [0.25, 0.3) is 0 Å². The van der Waals surface area contributed by atoms with Gasteiger partial charge in [0.25, 0.3) is 0 Å². The Morgan fingerprint density at radius 3 is 0.978 bits per heavy atom. The maximum absolute atomic E-state index is 4.65. The van der Waals surface area contributed by atoms with E-state index in [1.165, 1.54) is 63.7 Å². The summed E-state index contributed by atoms with van der Waals surface area (Å²) in [5.41, 5.74) is 0. The Hall–Kier alpha value is -3.34. The van der Waals surface area contributed by atoms with E-state index in [0.29, 0.717) is 0 Å². The molecule has 228 valence electrons. The molecule has 0 unspecified atom stereocenters. The second-order valence-corrected chi connectivity index (χ2v) is 25.2. The third-order valence-electron chi connectivity index (χ3n) is 9.56. The molecule has 45 heavy (non-hydrogen) atoms. The molecular weight excluding hydrogens is 646 g/mol. The van der Waals surface area contributed by atoms with E-state index in [1.807, 2.05) is 0 Å². The second kappa shape index (κ2) is 14.4. The van der Waals surface area contributed by atoms with E-state index >= 15 is 0 Å². The van der Waals surface area contributed by atoms with Gasteiger partial charge in [0, 0.05) is 0 Å². The van der Waals surface area contributed by atoms with E-state index in [1.54, 1.807) is 0 Å². The molecule has 6 aromatic rings. The first-order valence-corrected chi connectivity index (χ1v) is 22.9. The van der Waals surface area contributed by atoms with Crippen molar-refractivity contribution in [1.82, 2.24) is 0 Å². The van der Waals surface area contributed by atoms with Crippen molar-refractivity contribution in [3.05, 3.63) is 182 Å². The van der Waals surface area contributed by atoms with E-state index in [9.17, 15) is 0 Å². The Balaban J connectivity index is 1.28. The molecule has 6 aromatic carbocycles. The van der Waals surface area contributed by atoms with Crippen LogP contribution in [-0.2, 0) is 0 Å². The molecule has 0 aliphatic heterocycles. The molecule has 0 aliphatic rings. The topological polar surface area (TPSA) is 0 Å². The Morgan fingerprint density at radius 1 is 0.356 bits per heavy atom. The molecular formula is C42H43BrP2. The minimum atomic E-state index is -2.88. The van der Waals surface area contributed by atoms with Gasteiger partial charge >= 0.3 is 280 Å². The Bertz CT molecular complexity index is 1550. The van der Waals surface area contributed by atoms with Gasteiger partial charge < -0.3 is 0 Å². The number of rotatable bonds is 13. The number of hydrogen-bond acceptors (Lipinski definition) is 0. The van der Waals surface area contributed by atoms with Gasteiger partial charge in [-0.3, -0.25) is 0 Å². The predicted molar refractivity (Wildman–Crippen MR) is 209 cm³/mol. The zero-order chi connectivity index (χ0) is 30.9. The molecule has 0 saturated heterocycles. The average Bonchev–Trinajstić information content (AvgIpc) is 3.14. The molecule has 0 aromatic heterocycles. The first kappa shape index (κ1) is 31.6. The molecule has 0 amide bonds. The summed E-state index contributed by atoms with van der Waals surface area (Å²) in [4.78, 5) is 0. The van der Waals surface area contributed by atoms with Crippen LogP contribution in [-0.4, -0.2) is 12.3 Å². The summed E-state index contributed by atoms with van der Waals surface area (Å²) in [7, 11) is -2.19. The van der Waals surface area contributed by atoms with Crippen LogP contribution in [0.4, 0.5) is 0 Å². The first-order chi connectivity index (χ1) is 22.2. The predicted octanol–water partition coefficient (Wildman–Crippen LogP) is 9.11. The van der Waals surface area contributed by atoms with Gasteiger partial charge in [-0.05, 0) is 0 Å². The molecule has 0 radical (unpaired) electrons. The van der Waals surface area contributed by atoms with Gasteiger partial charge in [0.15, 0.2) is 0 Å². The van der Waals surface area contributed by atoms with Crippen LogP contribution >= 0.6 is 28.1 Å². The molecule has 0 heterocycles. The van der Waals surface area contributed by atoms with Crippen LogP contribution < -0.4 is 31.8 Å². The van der Waals surface area contributed by atoms with Gasteiger partial charge in [0.05, 0.1) is 0 Å². The van der Waals surface area contributed by atoms with E-state index < -0.39 is 12.6 Å². The van der Waals surface area contributed by atoms with Gasteiger partial charge in [-0.25, -0.2) is 0 Å². The zero-order valence-corrected chi connectivity index (χ0v) is 29.4. The van der Waals surface area contributed by atoms with Crippen molar-refractivity contribution in [1.29, 1.82) is 0 Å². The molecule has 0 fully saturated rings. The van der Waals surface area contributed by atoms with Crippen molar-refractivity contribution in [3.63, 3.8) is 0 Å². The SMILES string of the molecule is BrP(CCCCCC[PH](c1ccccc1)(c1ccccc1)c1ccccc1)(c1ccccc1)(c1ccccc1)c1ccccc1. The fraction of sp³-hybridized carbons (Fsp3) is 0.143. The first-order valence-electron chi connectivity index (χ1n) is 16.2. The fourth-order valence-corrected chi connectivity index (χ4v) is 20.0. The van der Waals surface area contributed by atoms with E-state index in [0.717, 1.165) is 6.16 Å². The number of unbranched alkanes of at least 4 members (excludes halogenated alkanes) is 3. The molecule has 0 atom stereocenters. The molecule has 0 saturated carbocycles. The van der Waals surface area contributed by atoms with Crippen molar-refractivity contribution in [2.45, 2.75) is 25.7 Å². The standard InChI is InChI=1S/C42H43BrP2/c43-45(40-29-15-6-16-30-40,41-31-17-7-18-32-41,42-33-19-8-20-34-42)36-22-2-1-21-35-44(37-23-9-3-10-24-37,38-25-11-4-12-26-38)39-27-13-5-14-28-39/h3-20,23-34,44H,1-2,21-22,35-36H2. The van der Waals surface area contributed by atoms with E-state index in [2.05, 4.69) is 197 Å². The molecule has 0 bridgehead atoms. The van der Waals surface area contributed by atoms with Crippen LogP contribution in [0, 0.1) is 0 Å². The minimum absolute atomic E-state index is 1.10. The summed E-state index contributed by atoms with van der Waals surface area (Å²) in [6.07, 6.45) is 7.11. The second-order valence-electron chi connectivity index (χ2n) is 12.1. The molecule has 0 aliphatic carbocycles. The number of hydrogen-bond donors (Lipinski definition) is 0. The van der Waals surface area contributed by atoms with Gasteiger partial charge in [0.1, 0.15) is 0 Å². The van der Waals surface area contributed by atoms with Gasteiger partial charge in [-0.1, -0.05) is 0 Å². The normalized spacial score (nSPS) is 13.0. The average molecular weight is 690 g/mol. The van der Waals surface area contributed by atoms with E-state index in [4.69, 9.17) is 0 Å². The molecule has 0 N–H and O–H groups in total. The summed E-state index contributed by atoms with van der Waals surface area (Å²) < 4.78 is 0. The summed E-state index contributed by atoms with van der Waals surface area (Å²) in [6, 6.07) is 67.7. The Morgan fingerprint density at radius 2 is 0.644 bits per heavy atom. The van der Waals surface area contributed by atoms with Gasteiger partial charge in [0.2, 0.25) is 0 Å². The summed E-state index contributed by atoms with van der Waals surface area (Å²) in [5, 5.41) is 5.86. The third kappa shape index (κ3) is 6.24. The van der Waals surface area contributed by atoms with Crippen LogP contribution in [0.2, 0.25) is 0 Å². The number of benzene rings is 6. The molecule has 6 rings (SSSR count). The van der Waals surface area contributed by atoms with Crippen molar-refractivity contribution < 1.29 is 0 Å². The zero-order valence-electron chi connectivity index (χ0n) is 25.9. The Kier molecular flexibility index (Phi) is 10.1. The van der Waals surface area contributed by atoms with Crippen molar-refractivity contribution in [2.24, 2.45) is 0 Å². The fourth-order valence-electron chi connectivity index (χ4n) is 7.30. The summed E-state index contributed by atoms with van der Waals surface area (Å²) in [6.45, 7) is 0. The van der Waals surface area contributed by atoms with Gasteiger partial charge in [-0.15, -0.1) is 0 Å². The summed E-state index contributed by atoms with van der Waals surface area (Å²) >= 11 is 4.65. The number of halogens is 1. The maximum atomic E-state index is 4.65.